The largest absolute Gasteiger partial charge is 0.311 e. The van der Waals surface area contributed by atoms with Crippen molar-refractivity contribution in [2.45, 2.75) is 57.4 Å². The topological polar surface area (TPSA) is 12.0 Å². The number of halogens is 2. The van der Waals surface area contributed by atoms with E-state index < -0.39 is 11.6 Å². The lowest BCUT2D eigenvalue weighted by Crippen LogP contribution is -2.46. The maximum atomic E-state index is 13.3. The van der Waals surface area contributed by atoms with Gasteiger partial charge in [0.25, 0.3) is 0 Å². The molecule has 1 aliphatic rings. The summed E-state index contributed by atoms with van der Waals surface area (Å²) in [7, 11) is 0. The van der Waals surface area contributed by atoms with Gasteiger partial charge in [0.05, 0.1) is 0 Å². The van der Waals surface area contributed by atoms with Crippen molar-refractivity contribution in [2.24, 2.45) is 0 Å². The normalized spacial score (nSPS) is 24.2. The molecule has 0 aliphatic carbocycles. The zero-order chi connectivity index (χ0) is 13.7. The average molecular weight is 267 g/mol. The molecule has 0 aromatic heterocycles. The highest BCUT2D eigenvalue weighted by Gasteiger charge is 2.29. The Balaban J connectivity index is 2.16. The van der Waals surface area contributed by atoms with Gasteiger partial charge in [-0.05, 0) is 49.9 Å². The van der Waals surface area contributed by atoms with Crippen LogP contribution < -0.4 is 5.32 Å². The Morgan fingerprint density at radius 1 is 1.16 bits per heavy atom. The smallest absolute Gasteiger partial charge is 0.159 e. The van der Waals surface area contributed by atoms with E-state index >= 15 is 0 Å². The van der Waals surface area contributed by atoms with E-state index in [2.05, 4.69) is 12.2 Å². The first-order valence-corrected chi connectivity index (χ1v) is 7.34. The van der Waals surface area contributed by atoms with Gasteiger partial charge < -0.3 is 5.32 Å². The first-order valence-electron chi connectivity index (χ1n) is 7.34. The quantitative estimate of drug-likeness (QED) is 0.861. The molecule has 0 bridgehead atoms. The monoisotopic (exact) mass is 267 g/mol. The summed E-state index contributed by atoms with van der Waals surface area (Å²) in [6.07, 6.45) is 7.80. The maximum Gasteiger partial charge on any atom is 0.159 e. The van der Waals surface area contributed by atoms with Gasteiger partial charge in [0.15, 0.2) is 11.6 Å². The van der Waals surface area contributed by atoms with Gasteiger partial charge in [-0.25, -0.2) is 8.78 Å². The SMILES string of the molecule is CCCC1(Cc2ccc(F)c(F)c2)CCCCCN1. The minimum absolute atomic E-state index is 0.0650. The average Bonchev–Trinajstić information content (AvgIpc) is 2.60. The second-order valence-corrected chi connectivity index (χ2v) is 5.69. The number of benzene rings is 1. The molecule has 2 rings (SSSR count). The third-order valence-corrected chi connectivity index (χ3v) is 4.09. The third kappa shape index (κ3) is 3.75. The molecule has 1 nitrogen and oxygen atoms in total. The van der Waals surface area contributed by atoms with Crippen LogP contribution in [0.2, 0.25) is 0 Å². The van der Waals surface area contributed by atoms with E-state index in [1.54, 1.807) is 6.07 Å². The Morgan fingerprint density at radius 3 is 2.74 bits per heavy atom. The van der Waals surface area contributed by atoms with Crippen molar-refractivity contribution in [1.82, 2.24) is 5.32 Å². The molecule has 0 radical (unpaired) electrons. The molecular weight excluding hydrogens is 244 g/mol. The molecule has 1 aromatic carbocycles. The number of nitrogens with one attached hydrogen (secondary N) is 1. The van der Waals surface area contributed by atoms with Crippen LogP contribution in [0.25, 0.3) is 0 Å². The van der Waals surface area contributed by atoms with Crippen LogP contribution in [0.15, 0.2) is 18.2 Å². The lowest BCUT2D eigenvalue weighted by atomic mass is 9.83. The molecule has 1 fully saturated rings. The highest BCUT2D eigenvalue weighted by atomic mass is 19.2. The summed E-state index contributed by atoms with van der Waals surface area (Å²) in [4.78, 5) is 0. The molecule has 1 atom stereocenters. The highest BCUT2D eigenvalue weighted by molar-refractivity contribution is 5.20. The van der Waals surface area contributed by atoms with Crippen molar-refractivity contribution in [3.8, 4) is 0 Å². The number of rotatable bonds is 4. The van der Waals surface area contributed by atoms with Crippen LogP contribution >= 0.6 is 0 Å². The Hall–Kier alpha value is -0.960. The minimum Gasteiger partial charge on any atom is -0.311 e. The Kier molecular flexibility index (Phi) is 4.92. The molecule has 106 valence electrons. The molecule has 1 aliphatic heterocycles. The summed E-state index contributed by atoms with van der Waals surface area (Å²) in [6, 6.07) is 4.29. The molecule has 19 heavy (non-hydrogen) atoms. The van der Waals surface area contributed by atoms with Crippen LogP contribution in [0.1, 0.15) is 51.0 Å². The predicted molar refractivity (Wildman–Crippen MR) is 74.2 cm³/mol. The van der Waals surface area contributed by atoms with Gasteiger partial charge in [-0.15, -0.1) is 0 Å². The summed E-state index contributed by atoms with van der Waals surface area (Å²) >= 11 is 0. The molecular formula is C16H23F2N. The first kappa shape index (κ1) is 14.4. The van der Waals surface area contributed by atoms with E-state index in [4.69, 9.17) is 0 Å². The van der Waals surface area contributed by atoms with Crippen LogP contribution in [0.4, 0.5) is 8.78 Å². The van der Waals surface area contributed by atoms with Crippen LogP contribution in [-0.4, -0.2) is 12.1 Å². The Morgan fingerprint density at radius 2 is 2.00 bits per heavy atom. The zero-order valence-electron chi connectivity index (χ0n) is 11.6. The van der Waals surface area contributed by atoms with Gasteiger partial charge in [0.1, 0.15) is 0 Å². The van der Waals surface area contributed by atoms with Gasteiger partial charge in [-0.3, -0.25) is 0 Å². The Bertz CT molecular complexity index is 409. The summed E-state index contributed by atoms with van der Waals surface area (Å²) in [5.41, 5.74) is 0.956. The first-order chi connectivity index (χ1) is 9.15. The van der Waals surface area contributed by atoms with Gasteiger partial charge in [0, 0.05) is 5.54 Å². The lowest BCUT2D eigenvalue weighted by Gasteiger charge is -2.34. The third-order valence-electron chi connectivity index (χ3n) is 4.09. The fraction of sp³-hybridized carbons (Fsp3) is 0.625. The second kappa shape index (κ2) is 6.47. The molecule has 1 heterocycles. The summed E-state index contributed by atoms with van der Waals surface area (Å²) < 4.78 is 26.3. The van der Waals surface area contributed by atoms with E-state index in [1.165, 1.54) is 31.4 Å². The fourth-order valence-corrected chi connectivity index (χ4v) is 3.18. The fourth-order valence-electron chi connectivity index (χ4n) is 3.18. The van der Waals surface area contributed by atoms with Gasteiger partial charge in [0.2, 0.25) is 0 Å². The molecule has 1 unspecified atom stereocenters. The van der Waals surface area contributed by atoms with E-state index in [0.29, 0.717) is 0 Å². The van der Waals surface area contributed by atoms with Crippen LogP contribution in [0.3, 0.4) is 0 Å². The van der Waals surface area contributed by atoms with Gasteiger partial charge >= 0.3 is 0 Å². The minimum atomic E-state index is -0.762. The van der Waals surface area contributed by atoms with Crippen LogP contribution in [0, 0.1) is 11.6 Å². The van der Waals surface area contributed by atoms with E-state index in [9.17, 15) is 8.78 Å². The van der Waals surface area contributed by atoms with Crippen molar-refractivity contribution in [3.05, 3.63) is 35.4 Å². The molecule has 0 amide bonds. The molecule has 0 saturated carbocycles. The molecule has 1 aromatic rings. The lowest BCUT2D eigenvalue weighted by molar-refractivity contribution is 0.287. The van der Waals surface area contributed by atoms with Gasteiger partial charge in [-0.2, -0.15) is 0 Å². The van der Waals surface area contributed by atoms with Crippen LogP contribution in [0.5, 0.6) is 0 Å². The van der Waals surface area contributed by atoms with E-state index in [0.717, 1.165) is 37.8 Å². The standard InChI is InChI=1S/C16H23F2N/c1-2-8-16(9-4-3-5-10-19-16)12-13-6-7-14(17)15(18)11-13/h6-7,11,19H,2-5,8-10,12H2,1H3. The van der Waals surface area contributed by atoms with Crippen molar-refractivity contribution in [2.75, 3.05) is 6.54 Å². The van der Waals surface area contributed by atoms with E-state index in [-0.39, 0.29) is 5.54 Å². The summed E-state index contributed by atoms with van der Waals surface area (Å²) in [5.74, 6) is -1.50. The highest BCUT2D eigenvalue weighted by Crippen LogP contribution is 2.28. The van der Waals surface area contributed by atoms with E-state index in [1.807, 2.05) is 0 Å². The number of hydrogen-bond donors (Lipinski definition) is 1. The van der Waals surface area contributed by atoms with Gasteiger partial charge in [-0.1, -0.05) is 32.3 Å². The molecule has 0 spiro atoms. The molecule has 1 saturated heterocycles. The molecule has 3 heteroatoms. The van der Waals surface area contributed by atoms with Crippen molar-refractivity contribution >= 4 is 0 Å². The maximum absolute atomic E-state index is 13.3. The molecule has 1 N–H and O–H groups in total. The second-order valence-electron chi connectivity index (χ2n) is 5.69. The van der Waals surface area contributed by atoms with Crippen molar-refractivity contribution in [3.63, 3.8) is 0 Å². The number of hydrogen-bond acceptors (Lipinski definition) is 1. The predicted octanol–water partition coefficient (Wildman–Crippen LogP) is 4.21. The Labute approximate surface area is 114 Å². The van der Waals surface area contributed by atoms with Crippen molar-refractivity contribution in [1.29, 1.82) is 0 Å². The summed E-state index contributed by atoms with van der Waals surface area (Å²) in [6.45, 7) is 3.21. The summed E-state index contributed by atoms with van der Waals surface area (Å²) in [5, 5.41) is 3.66. The van der Waals surface area contributed by atoms with Crippen molar-refractivity contribution < 1.29 is 8.78 Å². The van der Waals surface area contributed by atoms with Crippen LogP contribution in [-0.2, 0) is 6.42 Å². The zero-order valence-corrected chi connectivity index (χ0v) is 11.6.